The number of carbonyl (C=O) groups is 1. The van der Waals surface area contributed by atoms with Crippen LogP contribution in [0.1, 0.15) is 22.6 Å². The van der Waals surface area contributed by atoms with Gasteiger partial charge in [-0.15, -0.1) is 11.3 Å². The van der Waals surface area contributed by atoms with Crippen LogP contribution >= 0.6 is 11.3 Å². The molecule has 22 heavy (non-hydrogen) atoms. The molecule has 0 bridgehead atoms. The molecule has 0 radical (unpaired) electrons. The smallest absolute Gasteiger partial charge is 0.234 e. The van der Waals surface area contributed by atoms with Crippen molar-refractivity contribution in [2.24, 2.45) is 5.92 Å². The molecular formula is C16H27N3O2S. The van der Waals surface area contributed by atoms with E-state index in [9.17, 15) is 4.79 Å². The Labute approximate surface area is 136 Å². The average Bonchev–Trinajstić information content (AvgIpc) is 2.93. The highest BCUT2D eigenvalue weighted by Gasteiger charge is 2.18. The number of nitrogens with zero attached hydrogens (tertiary/aromatic N) is 1. The van der Waals surface area contributed by atoms with Gasteiger partial charge in [-0.05, 0) is 57.5 Å². The van der Waals surface area contributed by atoms with Gasteiger partial charge in [0, 0.05) is 16.3 Å². The van der Waals surface area contributed by atoms with Crippen LogP contribution in [0.2, 0.25) is 0 Å². The van der Waals surface area contributed by atoms with Crippen LogP contribution in [0.5, 0.6) is 0 Å². The van der Waals surface area contributed by atoms with E-state index in [2.05, 4.69) is 34.6 Å². The molecule has 1 aliphatic rings. The average molecular weight is 325 g/mol. The standard InChI is InChI=1S/C16H27N3O2S/c1-13-2-3-15(22-13)11-18-16(21)12-17-10-14-4-6-19(7-5-14)8-9-20/h2-3,14,17,20H,4-12H2,1H3,(H,18,21). The van der Waals surface area contributed by atoms with E-state index in [0.29, 0.717) is 19.0 Å². The zero-order chi connectivity index (χ0) is 15.8. The van der Waals surface area contributed by atoms with Crippen LogP contribution < -0.4 is 10.6 Å². The van der Waals surface area contributed by atoms with E-state index in [4.69, 9.17) is 5.11 Å². The number of rotatable bonds is 8. The number of thiophene rings is 1. The van der Waals surface area contributed by atoms with E-state index in [-0.39, 0.29) is 12.5 Å². The molecule has 2 heterocycles. The Morgan fingerprint density at radius 1 is 1.41 bits per heavy atom. The number of piperidine rings is 1. The van der Waals surface area contributed by atoms with Crippen LogP contribution in [-0.2, 0) is 11.3 Å². The molecule has 0 spiro atoms. The monoisotopic (exact) mass is 325 g/mol. The number of aliphatic hydroxyl groups excluding tert-OH is 1. The van der Waals surface area contributed by atoms with E-state index in [1.165, 1.54) is 9.75 Å². The lowest BCUT2D eigenvalue weighted by Gasteiger charge is -2.31. The van der Waals surface area contributed by atoms with Crippen molar-refractivity contribution in [2.75, 3.05) is 39.3 Å². The zero-order valence-electron chi connectivity index (χ0n) is 13.3. The fourth-order valence-corrected chi connectivity index (χ4v) is 3.60. The molecule has 5 nitrogen and oxygen atoms in total. The molecule has 1 amide bonds. The molecule has 1 saturated heterocycles. The van der Waals surface area contributed by atoms with Gasteiger partial charge in [-0.1, -0.05) is 0 Å². The third-order valence-corrected chi connectivity index (χ3v) is 5.10. The van der Waals surface area contributed by atoms with E-state index >= 15 is 0 Å². The van der Waals surface area contributed by atoms with Crippen LogP contribution in [-0.4, -0.2) is 55.2 Å². The summed E-state index contributed by atoms with van der Waals surface area (Å²) in [5.74, 6) is 0.700. The lowest BCUT2D eigenvalue weighted by atomic mass is 9.97. The van der Waals surface area contributed by atoms with Crippen LogP contribution in [0, 0.1) is 12.8 Å². The van der Waals surface area contributed by atoms with Gasteiger partial charge in [0.1, 0.15) is 0 Å². The van der Waals surface area contributed by atoms with Crippen LogP contribution in [0.3, 0.4) is 0 Å². The number of amides is 1. The van der Waals surface area contributed by atoms with Crippen molar-refractivity contribution >= 4 is 17.2 Å². The SMILES string of the molecule is Cc1ccc(CNC(=O)CNCC2CCN(CCO)CC2)s1. The predicted molar refractivity (Wildman–Crippen MR) is 90.0 cm³/mol. The molecule has 0 aromatic carbocycles. The third kappa shape index (κ3) is 6.04. The van der Waals surface area contributed by atoms with E-state index in [1.54, 1.807) is 11.3 Å². The zero-order valence-corrected chi connectivity index (χ0v) is 14.1. The number of aryl methyl sites for hydroxylation is 1. The molecular weight excluding hydrogens is 298 g/mol. The summed E-state index contributed by atoms with van der Waals surface area (Å²) < 4.78 is 0. The van der Waals surface area contributed by atoms with Crippen LogP contribution in [0.25, 0.3) is 0 Å². The molecule has 1 aromatic rings. The van der Waals surface area contributed by atoms with Crippen molar-refractivity contribution in [1.29, 1.82) is 0 Å². The highest BCUT2D eigenvalue weighted by Crippen LogP contribution is 2.16. The molecule has 0 unspecified atom stereocenters. The lowest BCUT2D eigenvalue weighted by Crippen LogP contribution is -2.40. The normalized spacial score (nSPS) is 16.8. The lowest BCUT2D eigenvalue weighted by molar-refractivity contribution is -0.120. The highest BCUT2D eigenvalue weighted by atomic mass is 32.1. The van der Waals surface area contributed by atoms with Gasteiger partial charge >= 0.3 is 0 Å². The number of hydrogen-bond acceptors (Lipinski definition) is 5. The van der Waals surface area contributed by atoms with Gasteiger partial charge < -0.3 is 20.6 Å². The number of aliphatic hydroxyl groups is 1. The minimum absolute atomic E-state index is 0.0590. The molecule has 0 saturated carbocycles. The largest absolute Gasteiger partial charge is 0.395 e. The molecule has 124 valence electrons. The Morgan fingerprint density at radius 2 is 2.18 bits per heavy atom. The summed E-state index contributed by atoms with van der Waals surface area (Å²) in [6, 6.07) is 4.14. The quantitative estimate of drug-likeness (QED) is 0.666. The van der Waals surface area contributed by atoms with Gasteiger partial charge in [0.15, 0.2) is 0 Å². The Bertz CT molecular complexity index is 456. The second kappa shape index (κ2) is 9.25. The molecule has 3 N–H and O–H groups in total. The molecule has 6 heteroatoms. The second-order valence-electron chi connectivity index (χ2n) is 5.93. The highest BCUT2D eigenvalue weighted by molar-refractivity contribution is 7.11. The number of β-amino-alcohol motifs (C(OH)–C–C–N with tert-alkyl or cyclic N) is 1. The van der Waals surface area contributed by atoms with Crippen molar-refractivity contribution in [2.45, 2.75) is 26.3 Å². The number of carbonyl (C=O) groups excluding carboxylic acids is 1. The van der Waals surface area contributed by atoms with Crippen molar-refractivity contribution in [1.82, 2.24) is 15.5 Å². The van der Waals surface area contributed by atoms with Gasteiger partial charge in [-0.3, -0.25) is 4.79 Å². The third-order valence-electron chi connectivity index (χ3n) is 4.10. The summed E-state index contributed by atoms with van der Waals surface area (Å²) in [4.78, 5) is 16.6. The second-order valence-corrected chi connectivity index (χ2v) is 7.30. The van der Waals surface area contributed by atoms with Crippen molar-refractivity contribution in [3.63, 3.8) is 0 Å². The fourth-order valence-electron chi connectivity index (χ4n) is 2.77. The maximum absolute atomic E-state index is 11.8. The Hall–Kier alpha value is -0.950. The molecule has 1 aliphatic heterocycles. The maximum atomic E-state index is 11.8. The summed E-state index contributed by atoms with van der Waals surface area (Å²) in [5.41, 5.74) is 0. The van der Waals surface area contributed by atoms with Gasteiger partial charge in [-0.2, -0.15) is 0 Å². The fraction of sp³-hybridized carbons (Fsp3) is 0.688. The van der Waals surface area contributed by atoms with Crippen LogP contribution in [0.15, 0.2) is 12.1 Å². The van der Waals surface area contributed by atoms with E-state index in [1.807, 2.05) is 0 Å². The summed E-state index contributed by atoms with van der Waals surface area (Å²) in [5, 5.41) is 15.1. The van der Waals surface area contributed by atoms with Gasteiger partial charge in [0.25, 0.3) is 0 Å². The maximum Gasteiger partial charge on any atom is 0.234 e. The van der Waals surface area contributed by atoms with E-state index < -0.39 is 0 Å². The topological polar surface area (TPSA) is 64.6 Å². The van der Waals surface area contributed by atoms with Crippen LogP contribution in [0.4, 0.5) is 0 Å². The molecule has 1 aromatic heterocycles. The first-order valence-corrected chi connectivity index (χ1v) is 8.85. The van der Waals surface area contributed by atoms with Crippen molar-refractivity contribution in [3.05, 3.63) is 21.9 Å². The molecule has 1 fully saturated rings. The number of likely N-dealkylation sites (tertiary alicyclic amines) is 1. The van der Waals surface area contributed by atoms with E-state index in [0.717, 1.165) is 39.0 Å². The summed E-state index contributed by atoms with van der Waals surface area (Å²) >= 11 is 1.72. The minimum atomic E-state index is 0.0590. The Kier molecular flexibility index (Phi) is 7.32. The molecule has 0 atom stereocenters. The Balaban J connectivity index is 1.54. The summed E-state index contributed by atoms with van der Waals surface area (Å²) in [6.45, 7) is 7.12. The Morgan fingerprint density at radius 3 is 2.82 bits per heavy atom. The van der Waals surface area contributed by atoms with Gasteiger partial charge in [0.05, 0.1) is 19.7 Å². The number of nitrogens with one attached hydrogen (secondary N) is 2. The van der Waals surface area contributed by atoms with Crippen molar-refractivity contribution < 1.29 is 9.90 Å². The van der Waals surface area contributed by atoms with Gasteiger partial charge in [0.2, 0.25) is 5.91 Å². The molecule has 0 aliphatic carbocycles. The number of hydrogen-bond donors (Lipinski definition) is 3. The first-order valence-electron chi connectivity index (χ1n) is 8.03. The molecule has 2 rings (SSSR count). The summed E-state index contributed by atoms with van der Waals surface area (Å²) in [7, 11) is 0. The van der Waals surface area contributed by atoms with Crippen molar-refractivity contribution in [3.8, 4) is 0 Å². The minimum Gasteiger partial charge on any atom is -0.395 e. The predicted octanol–water partition coefficient (Wildman–Crippen LogP) is 0.967. The first-order chi connectivity index (χ1) is 10.7. The summed E-state index contributed by atoms with van der Waals surface area (Å²) in [6.07, 6.45) is 2.28. The van der Waals surface area contributed by atoms with Gasteiger partial charge in [-0.25, -0.2) is 0 Å². The first kappa shape index (κ1) is 17.4.